The van der Waals surface area contributed by atoms with Crippen LogP contribution in [0.3, 0.4) is 0 Å². The number of furan rings is 1. The van der Waals surface area contributed by atoms with Gasteiger partial charge in [0.05, 0.1) is 11.9 Å². The monoisotopic (exact) mass is 440 g/mol. The minimum absolute atomic E-state index is 0.0725. The zero-order chi connectivity index (χ0) is 23.4. The van der Waals surface area contributed by atoms with Crippen LogP contribution in [-0.4, -0.2) is 15.7 Å². The van der Waals surface area contributed by atoms with Crippen LogP contribution in [0.25, 0.3) is 5.69 Å². The van der Waals surface area contributed by atoms with Gasteiger partial charge in [-0.15, -0.1) is 0 Å². The van der Waals surface area contributed by atoms with E-state index in [-0.39, 0.29) is 29.2 Å². The Kier molecular flexibility index (Phi) is 6.01. The van der Waals surface area contributed by atoms with Gasteiger partial charge in [0.1, 0.15) is 29.7 Å². The van der Waals surface area contributed by atoms with Gasteiger partial charge in [-0.05, 0) is 47.4 Å². The summed E-state index contributed by atoms with van der Waals surface area (Å²) >= 11 is 0. The Morgan fingerprint density at radius 2 is 1.82 bits per heavy atom. The second kappa shape index (κ2) is 9.05. The van der Waals surface area contributed by atoms with E-state index in [9.17, 15) is 10.1 Å². The van der Waals surface area contributed by atoms with E-state index < -0.39 is 5.91 Å². The Bertz CT molecular complexity index is 1290. The first-order valence-corrected chi connectivity index (χ1v) is 10.5. The Morgan fingerprint density at radius 1 is 1.09 bits per heavy atom. The number of carbonyl (C=O) groups excluding carboxylic acids is 1. The van der Waals surface area contributed by atoms with E-state index in [1.54, 1.807) is 12.1 Å². The molecule has 2 aromatic carbocycles. The molecule has 4 aromatic rings. The first kappa shape index (κ1) is 21.9. The molecule has 0 unspecified atom stereocenters. The smallest absolute Gasteiger partial charge is 0.292 e. The molecule has 0 atom stereocenters. The fourth-order valence-corrected chi connectivity index (χ4v) is 3.27. The summed E-state index contributed by atoms with van der Waals surface area (Å²) in [6, 6.07) is 22.5. The van der Waals surface area contributed by atoms with E-state index in [0.717, 1.165) is 11.4 Å². The van der Waals surface area contributed by atoms with E-state index in [1.807, 2.05) is 54.6 Å². The Morgan fingerprint density at radius 3 is 2.48 bits per heavy atom. The normalized spacial score (nSPS) is 11.1. The maximum Gasteiger partial charge on any atom is 0.292 e. The van der Waals surface area contributed by atoms with Gasteiger partial charge in [0, 0.05) is 0 Å². The van der Waals surface area contributed by atoms with Crippen LogP contribution in [0.15, 0.2) is 77.3 Å². The molecule has 2 heterocycles. The Balaban J connectivity index is 1.44. The maximum absolute atomic E-state index is 12.8. The SMILES string of the molecule is CC(C)(C)c1ccc(OCc2ccc(C(=O)Nc3c(C#N)cnn3-c3ccccc3)o2)cc1. The second-order valence-electron chi connectivity index (χ2n) is 8.55. The molecular weight excluding hydrogens is 416 g/mol. The molecule has 0 bridgehead atoms. The molecule has 1 N–H and O–H groups in total. The van der Waals surface area contributed by atoms with Crippen molar-refractivity contribution in [2.45, 2.75) is 32.8 Å². The largest absolute Gasteiger partial charge is 0.486 e. The predicted molar refractivity (Wildman–Crippen MR) is 124 cm³/mol. The second-order valence-corrected chi connectivity index (χ2v) is 8.55. The number of rotatable bonds is 6. The summed E-state index contributed by atoms with van der Waals surface area (Å²) in [7, 11) is 0. The number of amides is 1. The third-order valence-electron chi connectivity index (χ3n) is 5.11. The van der Waals surface area contributed by atoms with Crippen molar-refractivity contribution in [2.75, 3.05) is 5.32 Å². The fourth-order valence-electron chi connectivity index (χ4n) is 3.27. The van der Waals surface area contributed by atoms with Crippen LogP contribution >= 0.6 is 0 Å². The van der Waals surface area contributed by atoms with Gasteiger partial charge < -0.3 is 14.5 Å². The summed E-state index contributed by atoms with van der Waals surface area (Å²) < 4.78 is 13.0. The van der Waals surface area contributed by atoms with Crippen LogP contribution < -0.4 is 10.1 Å². The highest BCUT2D eigenvalue weighted by atomic mass is 16.5. The minimum Gasteiger partial charge on any atom is -0.486 e. The molecule has 0 saturated heterocycles. The number of nitrogens with zero attached hydrogens (tertiary/aromatic N) is 3. The number of nitriles is 1. The summed E-state index contributed by atoms with van der Waals surface area (Å²) in [5.74, 6) is 1.14. The molecule has 2 aromatic heterocycles. The molecule has 1 amide bonds. The zero-order valence-electron chi connectivity index (χ0n) is 18.7. The zero-order valence-corrected chi connectivity index (χ0v) is 18.7. The Hall–Kier alpha value is -4.31. The quantitative estimate of drug-likeness (QED) is 0.429. The summed E-state index contributed by atoms with van der Waals surface area (Å²) in [5, 5.41) is 16.4. The molecule has 166 valence electrons. The number of nitrogens with one attached hydrogen (secondary N) is 1. The van der Waals surface area contributed by atoms with E-state index in [2.05, 4.69) is 37.3 Å². The maximum atomic E-state index is 12.8. The van der Waals surface area contributed by atoms with Gasteiger partial charge in [0.2, 0.25) is 0 Å². The van der Waals surface area contributed by atoms with Crippen LogP contribution in [-0.2, 0) is 12.0 Å². The van der Waals surface area contributed by atoms with E-state index in [0.29, 0.717) is 5.76 Å². The van der Waals surface area contributed by atoms with Gasteiger partial charge >= 0.3 is 0 Å². The van der Waals surface area contributed by atoms with Crippen LogP contribution in [0, 0.1) is 11.3 Å². The molecule has 0 aliphatic heterocycles. The summed E-state index contributed by atoms with van der Waals surface area (Å²) in [6.07, 6.45) is 1.41. The van der Waals surface area contributed by atoms with E-state index in [1.165, 1.54) is 16.4 Å². The van der Waals surface area contributed by atoms with E-state index >= 15 is 0 Å². The molecule has 7 heteroatoms. The van der Waals surface area contributed by atoms with Crippen LogP contribution in [0.1, 0.15) is 48.2 Å². The molecule has 33 heavy (non-hydrogen) atoms. The number of para-hydroxylation sites is 1. The van der Waals surface area contributed by atoms with Crippen LogP contribution in [0.4, 0.5) is 5.82 Å². The number of benzene rings is 2. The van der Waals surface area contributed by atoms with Crippen molar-refractivity contribution in [1.82, 2.24) is 9.78 Å². The van der Waals surface area contributed by atoms with Crippen molar-refractivity contribution in [3.05, 3.63) is 95.6 Å². The lowest BCUT2D eigenvalue weighted by Gasteiger charge is -2.19. The predicted octanol–water partition coefficient (Wildman–Crippen LogP) is 5.47. The van der Waals surface area contributed by atoms with Crippen LogP contribution in [0.2, 0.25) is 0 Å². The molecule has 0 aliphatic carbocycles. The van der Waals surface area contributed by atoms with Gasteiger partial charge in [-0.25, -0.2) is 4.68 Å². The van der Waals surface area contributed by atoms with Gasteiger partial charge in [0.15, 0.2) is 11.6 Å². The lowest BCUT2D eigenvalue weighted by molar-refractivity contribution is 0.0992. The van der Waals surface area contributed by atoms with E-state index in [4.69, 9.17) is 9.15 Å². The van der Waals surface area contributed by atoms with Crippen molar-refractivity contribution in [1.29, 1.82) is 5.26 Å². The molecule has 4 rings (SSSR count). The lowest BCUT2D eigenvalue weighted by Crippen LogP contribution is -2.15. The highest BCUT2D eigenvalue weighted by molar-refractivity contribution is 6.02. The third kappa shape index (κ3) is 4.96. The molecule has 0 radical (unpaired) electrons. The van der Waals surface area contributed by atoms with Crippen LogP contribution in [0.5, 0.6) is 5.75 Å². The van der Waals surface area contributed by atoms with Crippen molar-refractivity contribution in [2.24, 2.45) is 0 Å². The molecule has 0 spiro atoms. The highest BCUT2D eigenvalue weighted by Crippen LogP contribution is 2.25. The summed E-state index contributed by atoms with van der Waals surface area (Å²) in [5.41, 5.74) is 2.27. The van der Waals surface area contributed by atoms with Gasteiger partial charge in [-0.2, -0.15) is 10.4 Å². The first-order valence-electron chi connectivity index (χ1n) is 10.5. The fraction of sp³-hybridized carbons (Fsp3) is 0.192. The molecule has 7 nitrogen and oxygen atoms in total. The number of ether oxygens (including phenoxy) is 1. The number of hydrogen-bond donors (Lipinski definition) is 1. The Labute approximate surface area is 192 Å². The van der Waals surface area contributed by atoms with Crippen molar-refractivity contribution in [3.63, 3.8) is 0 Å². The average Bonchev–Trinajstić information content (AvgIpc) is 3.45. The highest BCUT2D eigenvalue weighted by Gasteiger charge is 2.19. The van der Waals surface area contributed by atoms with Crippen molar-refractivity contribution >= 4 is 11.7 Å². The van der Waals surface area contributed by atoms with Gasteiger partial charge in [-0.3, -0.25) is 4.79 Å². The molecular formula is C26H24N4O3. The van der Waals surface area contributed by atoms with Crippen molar-refractivity contribution in [3.8, 4) is 17.5 Å². The molecule has 0 fully saturated rings. The molecule has 0 saturated carbocycles. The first-order chi connectivity index (χ1) is 15.8. The standard InChI is InChI=1S/C26H24N4O3/c1-26(2,3)19-9-11-21(12-10-19)32-17-22-13-14-23(33-22)25(31)29-24-18(15-27)16-28-30(24)20-7-5-4-6-8-20/h4-14,16H,17H2,1-3H3,(H,29,31). The summed E-state index contributed by atoms with van der Waals surface area (Å²) in [6.45, 7) is 6.66. The van der Waals surface area contributed by atoms with Crippen molar-refractivity contribution < 1.29 is 13.9 Å². The van der Waals surface area contributed by atoms with Gasteiger partial charge in [-0.1, -0.05) is 51.1 Å². The number of anilines is 1. The topological polar surface area (TPSA) is 93.1 Å². The molecule has 0 aliphatic rings. The number of aromatic nitrogens is 2. The lowest BCUT2D eigenvalue weighted by atomic mass is 9.87. The number of hydrogen-bond acceptors (Lipinski definition) is 5. The minimum atomic E-state index is -0.482. The average molecular weight is 441 g/mol. The summed E-state index contributed by atoms with van der Waals surface area (Å²) in [4.78, 5) is 12.8. The third-order valence-corrected chi connectivity index (χ3v) is 5.11. The number of carbonyl (C=O) groups is 1. The van der Waals surface area contributed by atoms with Gasteiger partial charge in [0.25, 0.3) is 5.91 Å².